The van der Waals surface area contributed by atoms with E-state index in [4.69, 9.17) is 9.26 Å². The summed E-state index contributed by atoms with van der Waals surface area (Å²) in [6.07, 6.45) is 5.51. The molecule has 0 aliphatic carbocycles. The molecule has 23 heavy (non-hydrogen) atoms. The molecule has 2 aromatic rings. The van der Waals surface area contributed by atoms with Crippen molar-refractivity contribution in [3.63, 3.8) is 0 Å². The SMILES string of the molecule is CO[C@@H]1CCN(C(=O)Cc2nc(C)no2)[C@H]1Cc1cnn(C)c1. The summed E-state index contributed by atoms with van der Waals surface area (Å²) in [4.78, 5) is 18.6. The lowest BCUT2D eigenvalue weighted by Gasteiger charge is -2.27. The number of methoxy groups -OCH3 is 1. The molecule has 1 saturated heterocycles. The summed E-state index contributed by atoms with van der Waals surface area (Å²) in [6.45, 7) is 2.41. The van der Waals surface area contributed by atoms with Crippen molar-refractivity contribution in [1.29, 1.82) is 0 Å². The molecule has 0 saturated carbocycles. The van der Waals surface area contributed by atoms with Crippen LogP contribution in [0.1, 0.15) is 23.7 Å². The molecule has 0 N–H and O–H groups in total. The molecule has 0 radical (unpaired) electrons. The molecule has 8 heteroatoms. The van der Waals surface area contributed by atoms with Crippen LogP contribution in [0.5, 0.6) is 0 Å². The maximum Gasteiger partial charge on any atom is 0.236 e. The second kappa shape index (κ2) is 6.49. The summed E-state index contributed by atoms with van der Waals surface area (Å²) in [7, 11) is 3.57. The first-order valence-electron chi connectivity index (χ1n) is 7.66. The van der Waals surface area contributed by atoms with Crippen LogP contribution in [0.2, 0.25) is 0 Å². The Kier molecular flexibility index (Phi) is 4.42. The highest BCUT2D eigenvalue weighted by Crippen LogP contribution is 2.24. The van der Waals surface area contributed by atoms with Crippen LogP contribution in [0.4, 0.5) is 0 Å². The van der Waals surface area contributed by atoms with E-state index in [1.165, 1.54) is 0 Å². The van der Waals surface area contributed by atoms with Crippen molar-refractivity contribution in [3.8, 4) is 0 Å². The third kappa shape index (κ3) is 3.42. The average molecular weight is 319 g/mol. The van der Waals surface area contributed by atoms with Crippen LogP contribution in [-0.4, -0.2) is 56.5 Å². The normalized spacial score (nSPS) is 21.1. The zero-order valence-corrected chi connectivity index (χ0v) is 13.6. The lowest BCUT2D eigenvalue weighted by molar-refractivity contribution is -0.132. The summed E-state index contributed by atoms with van der Waals surface area (Å²) in [5.41, 5.74) is 1.09. The second-order valence-corrected chi connectivity index (χ2v) is 5.86. The van der Waals surface area contributed by atoms with Gasteiger partial charge in [0.2, 0.25) is 11.8 Å². The van der Waals surface area contributed by atoms with Gasteiger partial charge in [0.05, 0.1) is 18.3 Å². The van der Waals surface area contributed by atoms with E-state index in [2.05, 4.69) is 15.2 Å². The fourth-order valence-corrected chi connectivity index (χ4v) is 3.11. The van der Waals surface area contributed by atoms with Crippen LogP contribution in [0, 0.1) is 6.92 Å². The van der Waals surface area contributed by atoms with Gasteiger partial charge in [-0.15, -0.1) is 0 Å². The third-order valence-corrected chi connectivity index (χ3v) is 4.18. The number of aryl methyl sites for hydroxylation is 2. The number of carbonyl (C=O) groups excluding carboxylic acids is 1. The highest BCUT2D eigenvalue weighted by molar-refractivity contribution is 5.78. The van der Waals surface area contributed by atoms with Crippen molar-refractivity contribution < 1.29 is 14.1 Å². The highest BCUT2D eigenvalue weighted by Gasteiger charge is 2.37. The molecule has 1 aliphatic heterocycles. The average Bonchev–Trinajstić information content (AvgIpc) is 3.21. The van der Waals surface area contributed by atoms with Gasteiger partial charge in [0.1, 0.15) is 6.42 Å². The lowest BCUT2D eigenvalue weighted by atomic mass is 10.0. The molecule has 2 atom stereocenters. The zero-order valence-electron chi connectivity index (χ0n) is 13.6. The molecule has 1 fully saturated rings. The molecule has 0 unspecified atom stereocenters. The van der Waals surface area contributed by atoms with Crippen molar-refractivity contribution >= 4 is 5.91 Å². The maximum absolute atomic E-state index is 12.6. The van der Waals surface area contributed by atoms with Crippen molar-refractivity contribution in [2.24, 2.45) is 7.05 Å². The Morgan fingerprint density at radius 3 is 2.96 bits per heavy atom. The maximum atomic E-state index is 12.6. The molecule has 3 rings (SSSR count). The van der Waals surface area contributed by atoms with Crippen LogP contribution < -0.4 is 0 Å². The molecule has 2 aromatic heterocycles. The second-order valence-electron chi connectivity index (χ2n) is 5.86. The Labute approximate surface area is 134 Å². The van der Waals surface area contributed by atoms with Crippen LogP contribution >= 0.6 is 0 Å². The minimum Gasteiger partial charge on any atom is -0.379 e. The fourth-order valence-electron chi connectivity index (χ4n) is 3.11. The van der Waals surface area contributed by atoms with E-state index in [1.54, 1.807) is 18.7 Å². The van der Waals surface area contributed by atoms with E-state index < -0.39 is 0 Å². The smallest absolute Gasteiger partial charge is 0.236 e. The van der Waals surface area contributed by atoms with Crippen molar-refractivity contribution in [1.82, 2.24) is 24.8 Å². The molecule has 1 amide bonds. The molecular weight excluding hydrogens is 298 g/mol. The number of carbonyl (C=O) groups is 1. The van der Waals surface area contributed by atoms with Crippen LogP contribution in [-0.2, 0) is 29.4 Å². The number of rotatable bonds is 5. The predicted molar refractivity (Wildman–Crippen MR) is 80.6 cm³/mol. The molecular formula is C15H21N5O3. The summed E-state index contributed by atoms with van der Waals surface area (Å²) >= 11 is 0. The molecule has 0 bridgehead atoms. The fraction of sp³-hybridized carbons (Fsp3) is 0.600. The number of nitrogens with zero attached hydrogens (tertiary/aromatic N) is 5. The van der Waals surface area contributed by atoms with Gasteiger partial charge in [-0.2, -0.15) is 10.1 Å². The lowest BCUT2D eigenvalue weighted by Crippen LogP contribution is -2.42. The van der Waals surface area contributed by atoms with E-state index >= 15 is 0 Å². The summed E-state index contributed by atoms with van der Waals surface area (Å²) < 4.78 is 12.4. The van der Waals surface area contributed by atoms with Crippen molar-refractivity contribution in [3.05, 3.63) is 29.7 Å². The molecule has 0 spiro atoms. The van der Waals surface area contributed by atoms with Gasteiger partial charge in [0, 0.05) is 26.9 Å². The number of likely N-dealkylation sites (tertiary alicyclic amines) is 1. The Bertz CT molecular complexity index is 680. The number of amides is 1. The summed E-state index contributed by atoms with van der Waals surface area (Å²) in [5, 5.41) is 7.91. The zero-order chi connectivity index (χ0) is 16.4. The molecule has 124 valence electrons. The first-order valence-corrected chi connectivity index (χ1v) is 7.66. The van der Waals surface area contributed by atoms with E-state index in [1.807, 2.05) is 24.3 Å². The predicted octanol–water partition coefficient (Wildman–Crippen LogP) is 0.513. The first kappa shape index (κ1) is 15.7. The van der Waals surface area contributed by atoms with Gasteiger partial charge in [-0.25, -0.2) is 0 Å². The Morgan fingerprint density at radius 1 is 1.52 bits per heavy atom. The Hall–Kier alpha value is -2.22. The molecule has 1 aliphatic rings. The summed E-state index contributed by atoms with van der Waals surface area (Å²) in [6, 6.07) is 0.000665. The molecule has 0 aromatic carbocycles. The standard InChI is InChI=1S/C15H21N5O3/c1-10-17-14(23-18-10)7-15(21)20-5-4-13(22-3)12(20)6-11-8-16-19(2)9-11/h8-9,12-13H,4-7H2,1-3H3/t12-,13+/m0/s1. The number of hydrogen-bond acceptors (Lipinski definition) is 6. The van der Waals surface area contributed by atoms with Gasteiger partial charge in [0.15, 0.2) is 5.82 Å². The quantitative estimate of drug-likeness (QED) is 0.798. The highest BCUT2D eigenvalue weighted by atomic mass is 16.5. The van der Waals surface area contributed by atoms with Crippen molar-refractivity contribution in [2.75, 3.05) is 13.7 Å². The Morgan fingerprint density at radius 2 is 2.35 bits per heavy atom. The van der Waals surface area contributed by atoms with Crippen LogP contribution in [0.25, 0.3) is 0 Å². The monoisotopic (exact) mass is 319 g/mol. The van der Waals surface area contributed by atoms with E-state index in [0.29, 0.717) is 18.3 Å². The third-order valence-electron chi connectivity index (χ3n) is 4.18. The first-order chi connectivity index (χ1) is 11.1. The van der Waals surface area contributed by atoms with Gasteiger partial charge in [0.25, 0.3) is 0 Å². The number of aromatic nitrogens is 4. The largest absolute Gasteiger partial charge is 0.379 e. The van der Waals surface area contributed by atoms with Crippen LogP contribution in [0.3, 0.4) is 0 Å². The summed E-state index contributed by atoms with van der Waals surface area (Å²) in [5.74, 6) is 0.881. The minimum absolute atomic E-state index is 0.000665. The topological polar surface area (TPSA) is 86.3 Å². The van der Waals surface area contributed by atoms with Crippen LogP contribution in [0.15, 0.2) is 16.9 Å². The van der Waals surface area contributed by atoms with Gasteiger partial charge in [-0.1, -0.05) is 5.16 Å². The van der Waals surface area contributed by atoms with E-state index in [-0.39, 0.29) is 24.5 Å². The van der Waals surface area contributed by atoms with Crippen molar-refractivity contribution in [2.45, 2.75) is 38.3 Å². The molecule has 3 heterocycles. The van der Waals surface area contributed by atoms with E-state index in [0.717, 1.165) is 18.4 Å². The Balaban J connectivity index is 1.72. The van der Waals surface area contributed by atoms with E-state index in [9.17, 15) is 4.79 Å². The van der Waals surface area contributed by atoms with Gasteiger partial charge in [-0.05, 0) is 25.3 Å². The minimum atomic E-state index is -0.0120. The van der Waals surface area contributed by atoms with Gasteiger partial charge in [-0.3, -0.25) is 9.48 Å². The molecule has 8 nitrogen and oxygen atoms in total. The van der Waals surface area contributed by atoms with Gasteiger partial charge < -0.3 is 14.2 Å². The van der Waals surface area contributed by atoms with Gasteiger partial charge >= 0.3 is 0 Å². The number of hydrogen-bond donors (Lipinski definition) is 0. The number of ether oxygens (including phenoxy) is 1.